The molecule has 0 radical (unpaired) electrons. The minimum atomic E-state index is -0.0285. The van der Waals surface area contributed by atoms with Crippen LogP contribution in [-0.4, -0.2) is 36.6 Å². The Hall–Kier alpha value is -3.28. The summed E-state index contributed by atoms with van der Waals surface area (Å²) < 4.78 is 17.5. The fourth-order valence-electron chi connectivity index (χ4n) is 3.90. The van der Waals surface area contributed by atoms with Crippen LogP contribution >= 0.6 is 0 Å². The van der Waals surface area contributed by atoms with Gasteiger partial charge in [-0.1, -0.05) is 18.2 Å². The number of benzene rings is 4. The molecular formula is C24H20O5. The monoisotopic (exact) mass is 388 g/mol. The summed E-state index contributed by atoms with van der Waals surface area (Å²) in [4.78, 5) is 0. The Morgan fingerprint density at radius 1 is 0.724 bits per heavy atom. The topological polar surface area (TPSA) is 72.1 Å². The smallest absolute Gasteiger partial charge is 0.143 e. The van der Waals surface area contributed by atoms with Gasteiger partial charge in [0, 0.05) is 21.5 Å². The molecule has 29 heavy (non-hydrogen) atoms. The average Bonchev–Trinajstić information content (AvgIpc) is 3.15. The molecule has 0 aliphatic rings. The number of fused-ring (bicyclic) bond motifs is 7. The minimum absolute atomic E-state index is 0.0134. The van der Waals surface area contributed by atoms with Crippen molar-refractivity contribution in [2.45, 2.75) is 0 Å². The van der Waals surface area contributed by atoms with Gasteiger partial charge in [-0.2, -0.15) is 0 Å². The normalized spacial score (nSPS) is 11.7. The lowest BCUT2D eigenvalue weighted by Crippen LogP contribution is -2.01. The second-order valence-corrected chi connectivity index (χ2v) is 6.86. The van der Waals surface area contributed by atoms with Crippen LogP contribution in [0.3, 0.4) is 0 Å². The maximum atomic E-state index is 9.07. The summed E-state index contributed by atoms with van der Waals surface area (Å²) in [6.45, 7) is 0.484. The Balaban J connectivity index is 1.74. The number of rotatable bonds is 6. The van der Waals surface area contributed by atoms with Gasteiger partial charge in [0.2, 0.25) is 0 Å². The van der Waals surface area contributed by atoms with Crippen molar-refractivity contribution >= 4 is 43.5 Å². The molecule has 0 unspecified atom stereocenters. The van der Waals surface area contributed by atoms with Gasteiger partial charge in [-0.05, 0) is 53.2 Å². The summed E-state index contributed by atoms with van der Waals surface area (Å²) in [7, 11) is 0. The lowest BCUT2D eigenvalue weighted by molar-refractivity contribution is 0.201. The zero-order valence-corrected chi connectivity index (χ0v) is 15.7. The molecule has 0 aliphatic heterocycles. The highest BCUT2D eigenvalue weighted by molar-refractivity contribution is 6.23. The highest BCUT2D eigenvalue weighted by Gasteiger charge is 2.15. The van der Waals surface area contributed by atoms with Crippen molar-refractivity contribution in [3.63, 3.8) is 0 Å². The minimum Gasteiger partial charge on any atom is -0.491 e. The van der Waals surface area contributed by atoms with E-state index in [1.165, 1.54) is 0 Å². The molecule has 146 valence electrons. The molecule has 5 rings (SSSR count). The Morgan fingerprint density at radius 2 is 1.52 bits per heavy atom. The summed E-state index contributed by atoms with van der Waals surface area (Å²) in [5.41, 5.74) is 1.64. The first-order valence-corrected chi connectivity index (χ1v) is 9.58. The summed E-state index contributed by atoms with van der Waals surface area (Å²) in [5.74, 6) is 1.46. The number of hydrogen-bond acceptors (Lipinski definition) is 5. The summed E-state index contributed by atoms with van der Waals surface area (Å²) in [6, 6.07) is 19.9. The third-order valence-electron chi connectivity index (χ3n) is 5.12. The third-order valence-corrected chi connectivity index (χ3v) is 5.12. The van der Waals surface area contributed by atoms with Crippen LogP contribution in [0.25, 0.3) is 43.5 Å². The van der Waals surface area contributed by atoms with E-state index in [9.17, 15) is 0 Å². The van der Waals surface area contributed by atoms with E-state index in [1.807, 2.05) is 54.6 Å². The molecule has 0 aliphatic carbocycles. The molecule has 1 aromatic heterocycles. The van der Waals surface area contributed by atoms with Crippen LogP contribution in [0.4, 0.5) is 0 Å². The zero-order chi connectivity index (χ0) is 19.8. The van der Waals surface area contributed by atoms with E-state index in [0.717, 1.165) is 55.0 Å². The van der Waals surface area contributed by atoms with Gasteiger partial charge in [0.15, 0.2) is 0 Å². The lowest BCUT2D eigenvalue weighted by atomic mass is 10.0. The molecule has 2 N–H and O–H groups in total. The molecule has 4 aromatic carbocycles. The quantitative estimate of drug-likeness (QED) is 0.444. The predicted molar refractivity (Wildman–Crippen MR) is 114 cm³/mol. The van der Waals surface area contributed by atoms with E-state index in [1.54, 1.807) is 0 Å². The van der Waals surface area contributed by atoms with Crippen LogP contribution in [-0.2, 0) is 0 Å². The van der Waals surface area contributed by atoms with Crippen molar-refractivity contribution in [2.24, 2.45) is 0 Å². The SMILES string of the molecule is OCCOc1ccc2c(ccc3oc4c5cccc(OCCO)c5ccc4c32)c1. The van der Waals surface area contributed by atoms with E-state index in [2.05, 4.69) is 6.07 Å². The first kappa shape index (κ1) is 17.8. The molecule has 0 fully saturated rings. The Labute approximate surface area is 166 Å². The Morgan fingerprint density at radius 3 is 2.38 bits per heavy atom. The van der Waals surface area contributed by atoms with Crippen LogP contribution in [0.15, 0.2) is 65.1 Å². The average molecular weight is 388 g/mol. The van der Waals surface area contributed by atoms with Crippen LogP contribution in [0.1, 0.15) is 0 Å². The number of hydrogen-bond donors (Lipinski definition) is 2. The van der Waals surface area contributed by atoms with E-state index in [4.69, 9.17) is 24.1 Å². The van der Waals surface area contributed by atoms with Gasteiger partial charge in [0.05, 0.1) is 13.2 Å². The van der Waals surface area contributed by atoms with Crippen LogP contribution in [0.5, 0.6) is 11.5 Å². The van der Waals surface area contributed by atoms with Gasteiger partial charge >= 0.3 is 0 Å². The number of furan rings is 1. The molecule has 0 bridgehead atoms. The molecule has 1 heterocycles. The maximum absolute atomic E-state index is 9.07. The molecule has 5 heteroatoms. The second kappa shape index (κ2) is 7.28. The van der Waals surface area contributed by atoms with Gasteiger partial charge in [-0.15, -0.1) is 0 Å². The predicted octanol–water partition coefficient (Wildman–Crippen LogP) is 4.63. The van der Waals surface area contributed by atoms with E-state index in [-0.39, 0.29) is 26.4 Å². The molecule has 0 saturated heterocycles. The Bertz CT molecular complexity index is 1340. The fourth-order valence-corrected chi connectivity index (χ4v) is 3.90. The van der Waals surface area contributed by atoms with Crippen LogP contribution in [0.2, 0.25) is 0 Å². The highest BCUT2D eigenvalue weighted by Crippen LogP contribution is 2.40. The lowest BCUT2D eigenvalue weighted by Gasteiger charge is -2.08. The molecule has 0 saturated carbocycles. The Kier molecular flexibility index (Phi) is 4.46. The third kappa shape index (κ3) is 2.95. The van der Waals surface area contributed by atoms with Crippen molar-refractivity contribution in [2.75, 3.05) is 26.4 Å². The molecule has 0 amide bonds. The first-order valence-electron chi connectivity index (χ1n) is 9.58. The zero-order valence-electron chi connectivity index (χ0n) is 15.7. The maximum Gasteiger partial charge on any atom is 0.143 e. The first-order chi connectivity index (χ1) is 14.3. The van der Waals surface area contributed by atoms with Crippen LogP contribution < -0.4 is 9.47 Å². The van der Waals surface area contributed by atoms with Crippen molar-refractivity contribution in [1.29, 1.82) is 0 Å². The second-order valence-electron chi connectivity index (χ2n) is 6.86. The molecule has 5 aromatic rings. The summed E-state index contributed by atoms with van der Waals surface area (Å²) >= 11 is 0. The van der Waals surface area contributed by atoms with Crippen molar-refractivity contribution < 1.29 is 24.1 Å². The summed E-state index contributed by atoms with van der Waals surface area (Å²) in [6.07, 6.45) is 0. The van der Waals surface area contributed by atoms with Crippen LogP contribution in [0, 0.1) is 0 Å². The van der Waals surface area contributed by atoms with Gasteiger partial charge in [0.25, 0.3) is 0 Å². The molecule has 5 nitrogen and oxygen atoms in total. The fraction of sp³-hybridized carbons (Fsp3) is 0.167. The number of aliphatic hydroxyl groups is 2. The van der Waals surface area contributed by atoms with Gasteiger partial charge in [-0.25, -0.2) is 0 Å². The van der Waals surface area contributed by atoms with Gasteiger partial charge in [0.1, 0.15) is 35.9 Å². The van der Waals surface area contributed by atoms with Gasteiger partial charge in [-0.3, -0.25) is 0 Å². The van der Waals surface area contributed by atoms with Crippen molar-refractivity contribution in [3.05, 3.63) is 60.7 Å². The highest BCUT2D eigenvalue weighted by atomic mass is 16.5. The molecule has 0 spiro atoms. The summed E-state index contributed by atoms with van der Waals surface area (Å²) in [5, 5.41) is 24.2. The molecule has 0 atom stereocenters. The van der Waals surface area contributed by atoms with E-state index in [0.29, 0.717) is 0 Å². The van der Waals surface area contributed by atoms with Crippen molar-refractivity contribution in [3.8, 4) is 11.5 Å². The largest absolute Gasteiger partial charge is 0.491 e. The van der Waals surface area contributed by atoms with E-state index < -0.39 is 0 Å². The van der Waals surface area contributed by atoms with Gasteiger partial charge < -0.3 is 24.1 Å². The molecular weight excluding hydrogens is 368 g/mol. The van der Waals surface area contributed by atoms with Crippen molar-refractivity contribution in [1.82, 2.24) is 0 Å². The number of ether oxygens (including phenoxy) is 2. The standard InChI is InChI=1S/C24H20O5/c25-10-12-27-16-5-6-17-15(14-16)4-9-22-23(17)20-8-7-18-19(24(20)29-22)2-1-3-21(18)28-13-11-26/h1-9,14,25-26H,10-13H2. The number of aliphatic hydroxyl groups excluding tert-OH is 2. The van der Waals surface area contributed by atoms with E-state index >= 15 is 0 Å².